The van der Waals surface area contributed by atoms with E-state index in [0.29, 0.717) is 29.2 Å². The standard InChI is InChI=1S/C30H39N3O4/c1-7-22-16-25-17-24(30(36)33(20(4)5)18-27(34)37-6)14-15-32(25)28(22)29(35)23-11-8-21(9-12-23)10-13-26(31)19(2)3/h8-9,11-12,14-17,19-20,26H,7,10,13,18,31H2,1-6H3. The monoisotopic (exact) mass is 505 g/mol. The Morgan fingerprint density at radius 3 is 2.24 bits per heavy atom. The molecule has 3 rings (SSSR count). The maximum atomic E-state index is 13.6. The van der Waals surface area contributed by atoms with Crippen molar-refractivity contribution in [2.24, 2.45) is 11.7 Å². The molecule has 2 aromatic heterocycles. The maximum absolute atomic E-state index is 13.6. The Bertz CT molecular complexity index is 1260. The number of rotatable bonds is 11. The first-order chi connectivity index (χ1) is 17.6. The number of fused-ring (bicyclic) bond motifs is 1. The van der Waals surface area contributed by atoms with Crippen LogP contribution in [0, 0.1) is 5.92 Å². The molecule has 7 heteroatoms. The van der Waals surface area contributed by atoms with Crippen LogP contribution in [0.4, 0.5) is 0 Å². The zero-order valence-corrected chi connectivity index (χ0v) is 22.8. The Balaban J connectivity index is 1.88. The third kappa shape index (κ3) is 6.46. The van der Waals surface area contributed by atoms with Crippen LogP contribution in [0.3, 0.4) is 0 Å². The summed E-state index contributed by atoms with van der Waals surface area (Å²) in [5, 5.41) is 0. The van der Waals surface area contributed by atoms with Gasteiger partial charge in [-0.1, -0.05) is 45.0 Å². The number of aromatic nitrogens is 1. The quantitative estimate of drug-likeness (QED) is 0.302. The number of carbonyl (C=O) groups is 3. The first-order valence-corrected chi connectivity index (χ1v) is 13.0. The fourth-order valence-corrected chi connectivity index (χ4v) is 4.38. The largest absolute Gasteiger partial charge is 0.468 e. The minimum atomic E-state index is -0.472. The first kappa shape index (κ1) is 28.1. The number of aryl methyl sites for hydroxylation is 2. The second-order valence-corrected chi connectivity index (χ2v) is 10.2. The van der Waals surface area contributed by atoms with E-state index in [-0.39, 0.29) is 30.3 Å². The molecule has 7 nitrogen and oxygen atoms in total. The highest BCUT2D eigenvalue weighted by molar-refractivity contribution is 6.10. The van der Waals surface area contributed by atoms with E-state index in [1.807, 2.05) is 55.5 Å². The minimum Gasteiger partial charge on any atom is -0.468 e. The summed E-state index contributed by atoms with van der Waals surface area (Å²) in [6.45, 7) is 9.85. The second-order valence-electron chi connectivity index (χ2n) is 10.2. The number of benzene rings is 1. The molecule has 0 spiro atoms. The summed E-state index contributed by atoms with van der Waals surface area (Å²) in [6, 6.07) is 13.1. The van der Waals surface area contributed by atoms with Crippen molar-refractivity contribution < 1.29 is 19.1 Å². The Hall–Kier alpha value is -3.45. The lowest BCUT2D eigenvalue weighted by Crippen LogP contribution is -2.41. The number of amides is 1. The lowest BCUT2D eigenvalue weighted by atomic mass is 9.96. The average molecular weight is 506 g/mol. The molecule has 0 saturated carbocycles. The van der Waals surface area contributed by atoms with Crippen molar-refractivity contribution in [3.05, 3.63) is 76.6 Å². The number of nitrogens with two attached hydrogens (primary N) is 1. The summed E-state index contributed by atoms with van der Waals surface area (Å²) in [6.07, 6.45) is 4.22. The number of esters is 1. The number of hydrogen-bond acceptors (Lipinski definition) is 5. The topological polar surface area (TPSA) is 94.1 Å². The molecule has 37 heavy (non-hydrogen) atoms. The smallest absolute Gasteiger partial charge is 0.325 e. The molecule has 0 aliphatic carbocycles. The van der Waals surface area contributed by atoms with Crippen LogP contribution in [-0.2, 0) is 22.4 Å². The van der Waals surface area contributed by atoms with Crippen molar-refractivity contribution >= 4 is 23.2 Å². The minimum absolute atomic E-state index is 0.0594. The van der Waals surface area contributed by atoms with E-state index >= 15 is 0 Å². The molecule has 0 bridgehead atoms. The van der Waals surface area contributed by atoms with Crippen molar-refractivity contribution in [3.8, 4) is 0 Å². The van der Waals surface area contributed by atoms with Gasteiger partial charge in [0.25, 0.3) is 5.91 Å². The molecule has 1 unspecified atom stereocenters. The van der Waals surface area contributed by atoms with Crippen molar-refractivity contribution in [1.82, 2.24) is 9.30 Å². The SMILES string of the molecule is CCc1cc2cc(C(=O)N(CC(=O)OC)C(C)C)ccn2c1C(=O)c1ccc(CCC(N)C(C)C)cc1. The van der Waals surface area contributed by atoms with Gasteiger partial charge in [-0.3, -0.25) is 14.4 Å². The van der Waals surface area contributed by atoms with E-state index in [2.05, 4.69) is 13.8 Å². The van der Waals surface area contributed by atoms with Gasteiger partial charge in [0.15, 0.2) is 0 Å². The van der Waals surface area contributed by atoms with Gasteiger partial charge in [0.05, 0.1) is 12.8 Å². The van der Waals surface area contributed by atoms with E-state index in [0.717, 1.165) is 29.5 Å². The third-order valence-corrected chi connectivity index (χ3v) is 6.94. The maximum Gasteiger partial charge on any atom is 0.325 e. The van der Waals surface area contributed by atoms with Gasteiger partial charge in [-0.25, -0.2) is 0 Å². The fourth-order valence-electron chi connectivity index (χ4n) is 4.38. The van der Waals surface area contributed by atoms with Crippen molar-refractivity contribution in [1.29, 1.82) is 0 Å². The highest BCUT2D eigenvalue weighted by Gasteiger charge is 2.24. The van der Waals surface area contributed by atoms with Crippen LogP contribution in [0.1, 0.15) is 78.6 Å². The summed E-state index contributed by atoms with van der Waals surface area (Å²) in [7, 11) is 1.30. The highest BCUT2D eigenvalue weighted by Crippen LogP contribution is 2.23. The van der Waals surface area contributed by atoms with Gasteiger partial charge in [-0.05, 0) is 68.4 Å². The van der Waals surface area contributed by atoms with Crippen LogP contribution in [0.2, 0.25) is 0 Å². The molecule has 0 aliphatic rings. The summed E-state index contributed by atoms with van der Waals surface area (Å²) < 4.78 is 6.59. The molecule has 1 atom stereocenters. The van der Waals surface area contributed by atoms with E-state index in [4.69, 9.17) is 10.5 Å². The Kier molecular flexibility index (Phi) is 9.27. The van der Waals surface area contributed by atoms with Crippen molar-refractivity contribution in [2.75, 3.05) is 13.7 Å². The zero-order chi connectivity index (χ0) is 27.3. The molecular formula is C30H39N3O4. The van der Waals surface area contributed by atoms with Crippen LogP contribution >= 0.6 is 0 Å². The van der Waals surface area contributed by atoms with Crippen LogP contribution in [0.15, 0.2) is 48.7 Å². The Morgan fingerprint density at radius 1 is 1.00 bits per heavy atom. The molecule has 3 aromatic rings. The molecule has 2 N–H and O–H groups in total. The number of methoxy groups -OCH3 is 1. The van der Waals surface area contributed by atoms with Gasteiger partial charge >= 0.3 is 5.97 Å². The summed E-state index contributed by atoms with van der Waals surface area (Å²) in [5.41, 5.74) is 10.7. The van der Waals surface area contributed by atoms with Gasteiger partial charge in [0.2, 0.25) is 5.78 Å². The summed E-state index contributed by atoms with van der Waals surface area (Å²) in [5.74, 6) is -0.354. The van der Waals surface area contributed by atoms with Gasteiger partial charge in [0, 0.05) is 34.9 Å². The number of ether oxygens (including phenoxy) is 1. The molecule has 0 aliphatic heterocycles. The highest BCUT2D eigenvalue weighted by atomic mass is 16.5. The normalized spacial score (nSPS) is 12.2. The fraction of sp³-hybridized carbons (Fsp3) is 0.433. The van der Waals surface area contributed by atoms with Gasteiger partial charge in [-0.15, -0.1) is 0 Å². The van der Waals surface area contributed by atoms with Gasteiger partial charge in [0.1, 0.15) is 6.54 Å². The van der Waals surface area contributed by atoms with Crippen molar-refractivity contribution in [2.45, 2.75) is 66.0 Å². The molecule has 1 amide bonds. The molecule has 198 valence electrons. The van der Waals surface area contributed by atoms with Crippen LogP contribution in [0.25, 0.3) is 5.52 Å². The molecule has 0 saturated heterocycles. The summed E-state index contributed by atoms with van der Waals surface area (Å²) >= 11 is 0. The number of hydrogen-bond donors (Lipinski definition) is 1. The number of nitrogens with zero attached hydrogens (tertiary/aromatic N) is 2. The van der Waals surface area contributed by atoms with E-state index < -0.39 is 5.97 Å². The zero-order valence-electron chi connectivity index (χ0n) is 22.8. The molecule has 2 heterocycles. The second kappa shape index (κ2) is 12.2. The number of ketones is 1. The van der Waals surface area contributed by atoms with E-state index in [9.17, 15) is 14.4 Å². The van der Waals surface area contributed by atoms with Crippen LogP contribution < -0.4 is 5.73 Å². The molecule has 1 aromatic carbocycles. The van der Waals surface area contributed by atoms with Crippen LogP contribution in [-0.4, -0.2) is 52.7 Å². The summed E-state index contributed by atoms with van der Waals surface area (Å²) in [4.78, 5) is 40.1. The van der Waals surface area contributed by atoms with E-state index in [1.54, 1.807) is 18.3 Å². The number of carbonyl (C=O) groups excluding carboxylic acids is 3. The molecular weight excluding hydrogens is 466 g/mol. The van der Waals surface area contributed by atoms with Crippen LogP contribution in [0.5, 0.6) is 0 Å². The van der Waals surface area contributed by atoms with Gasteiger partial charge < -0.3 is 19.8 Å². The average Bonchev–Trinajstić information content (AvgIpc) is 3.27. The molecule has 0 radical (unpaired) electrons. The third-order valence-electron chi connectivity index (χ3n) is 6.94. The van der Waals surface area contributed by atoms with Gasteiger partial charge in [-0.2, -0.15) is 0 Å². The number of pyridine rings is 1. The Labute approximate surface area is 219 Å². The van der Waals surface area contributed by atoms with E-state index in [1.165, 1.54) is 12.0 Å². The lowest BCUT2D eigenvalue weighted by Gasteiger charge is -2.25. The Morgan fingerprint density at radius 2 is 1.68 bits per heavy atom. The molecule has 0 fully saturated rings. The predicted octanol–water partition coefficient (Wildman–Crippen LogP) is 4.67. The van der Waals surface area contributed by atoms with Crippen molar-refractivity contribution in [3.63, 3.8) is 0 Å². The first-order valence-electron chi connectivity index (χ1n) is 13.0. The lowest BCUT2D eigenvalue weighted by molar-refractivity contribution is -0.141. The predicted molar refractivity (Wildman–Crippen MR) is 146 cm³/mol.